The average molecular weight is 343 g/mol. The van der Waals surface area contributed by atoms with Crippen molar-refractivity contribution in [3.63, 3.8) is 0 Å². The highest BCUT2D eigenvalue weighted by Gasteiger charge is 2.18. The second kappa shape index (κ2) is 9.33. The molecule has 0 fully saturated rings. The van der Waals surface area contributed by atoms with Crippen LogP contribution in [0.5, 0.6) is 0 Å². The second-order valence-corrected chi connectivity index (χ2v) is 7.10. The Bertz CT molecular complexity index is 655. The van der Waals surface area contributed by atoms with Crippen molar-refractivity contribution >= 4 is 5.91 Å². The lowest BCUT2D eigenvalue weighted by molar-refractivity contribution is -0.885. The van der Waals surface area contributed by atoms with Crippen LogP contribution in [0.15, 0.2) is 54.6 Å². The van der Waals surface area contributed by atoms with Crippen molar-refractivity contribution < 1.29 is 14.1 Å². The first-order chi connectivity index (χ1) is 11.9. The quantitative estimate of drug-likeness (QED) is 0.759. The van der Waals surface area contributed by atoms with Crippen LogP contribution in [0, 0.1) is 11.7 Å². The normalized spacial score (nSPS) is 13.5. The Hall–Kier alpha value is -2.20. The Balaban J connectivity index is 1.92. The zero-order chi connectivity index (χ0) is 18.2. The summed E-state index contributed by atoms with van der Waals surface area (Å²) in [6.07, 6.45) is 0.909. The summed E-state index contributed by atoms with van der Waals surface area (Å²) in [5.74, 6) is 0.294. The van der Waals surface area contributed by atoms with Crippen molar-refractivity contribution in [2.24, 2.45) is 5.92 Å². The zero-order valence-electron chi connectivity index (χ0n) is 15.3. The van der Waals surface area contributed by atoms with Crippen LogP contribution in [0.2, 0.25) is 0 Å². The molecule has 0 saturated carbocycles. The lowest BCUT2D eigenvalue weighted by atomic mass is 9.97. The van der Waals surface area contributed by atoms with E-state index in [9.17, 15) is 9.18 Å². The van der Waals surface area contributed by atoms with Gasteiger partial charge in [-0.15, -0.1) is 0 Å². The van der Waals surface area contributed by atoms with Crippen LogP contribution in [0.3, 0.4) is 0 Å². The standard InChI is InChI=1S/C21H27FN2O/c1-16(2)13-20(18-7-5-4-6-8-18)23-21(25)15-24(3)14-17-9-11-19(22)12-10-17/h4-12,16,20H,13-15H2,1-3H3,(H,23,25)/p+1/t20-/m0/s1. The number of likely N-dealkylation sites (N-methyl/N-ethyl adjacent to an activating group) is 1. The van der Waals surface area contributed by atoms with Gasteiger partial charge in [0.1, 0.15) is 12.4 Å². The molecule has 0 aliphatic carbocycles. The Kier molecular flexibility index (Phi) is 7.14. The van der Waals surface area contributed by atoms with Crippen molar-refractivity contribution in [2.75, 3.05) is 13.6 Å². The van der Waals surface area contributed by atoms with Crippen LogP contribution >= 0.6 is 0 Å². The molecule has 4 heteroatoms. The van der Waals surface area contributed by atoms with Gasteiger partial charge in [-0.1, -0.05) is 56.3 Å². The van der Waals surface area contributed by atoms with Crippen LogP contribution < -0.4 is 10.2 Å². The molecule has 1 amide bonds. The summed E-state index contributed by atoms with van der Waals surface area (Å²) in [5, 5.41) is 3.17. The average Bonchev–Trinajstić information content (AvgIpc) is 2.56. The highest BCUT2D eigenvalue weighted by Crippen LogP contribution is 2.20. The number of nitrogens with one attached hydrogen (secondary N) is 2. The molecule has 2 aromatic rings. The van der Waals surface area contributed by atoms with Gasteiger partial charge < -0.3 is 10.2 Å². The van der Waals surface area contributed by atoms with Gasteiger partial charge in [-0.25, -0.2) is 4.39 Å². The second-order valence-electron chi connectivity index (χ2n) is 7.10. The minimum absolute atomic E-state index is 0.0346. The smallest absolute Gasteiger partial charge is 0.275 e. The fraction of sp³-hybridized carbons (Fsp3) is 0.381. The van der Waals surface area contributed by atoms with Crippen LogP contribution in [-0.2, 0) is 11.3 Å². The van der Waals surface area contributed by atoms with Crippen molar-refractivity contribution in [3.8, 4) is 0 Å². The fourth-order valence-corrected chi connectivity index (χ4v) is 2.97. The minimum Gasteiger partial charge on any atom is -0.344 e. The molecule has 0 aliphatic heterocycles. The third-order valence-corrected chi connectivity index (χ3v) is 4.13. The number of halogens is 1. The van der Waals surface area contributed by atoms with E-state index in [0.29, 0.717) is 19.0 Å². The SMILES string of the molecule is CC(C)C[C@H](NC(=O)C[NH+](C)Cc1ccc(F)cc1)c1ccccc1. The van der Waals surface area contributed by atoms with Crippen LogP contribution in [0.25, 0.3) is 0 Å². The highest BCUT2D eigenvalue weighted by atomic mass is 19.1. The van der Waals surface area contributed by atoms with Crippen LogP contribution in [0.1, 0.15) is 37.4 Å². The maximum atomic E-state index is 13.0. The number of quaternary nitrogens is 1. The van der Waals surface area contributed by atoms with E-state index in [4.69, 9.17) is 0 Å². The van der Waals surface area contributed by atoms with Crippen molar-refractivity contribution in [3.05, 3.63) is 71.5 Å². The molecule has 134 valence electrons. The van der Waals surface area contributed by atoms with Crippen molar-refractivity contribution in [1.82, 2.24) is 5.32 Å². The summed E-state index contributed by atoms with van der Waals surface area (Å²) in [6.45, 7) is 5.40. The first-order valence-corrected chi connectivity index (χ1v) is 8.84. The molecular formula is C21H28FN2O+. The Morgan fingerprint density at radius 3 is 2.32 bits per heavy atom. The molecule has 0 saturated heterocycles. The van der Waals surface area contributed by atoms with Gasteiger partial charge in [0.2, 0.25) is 0 Å². The van der Waals surface area contributed by atoms with Crippen molar-refractivity contribution in [2.45, 2.75) is 32.9 Å². The van der Waals surface area contributed by atoms with Gasteiger partial charge in [0.15, 0.2) is 6.54 Å². The Labute approximate surface area is 149 Å². The first-order valence-electron chi connectivity index (χ1n) is 8.84. The number of rotatable bonds is 8. The maximum absolute atomic E-state index is 13.0. The number of hydrogen-bond acceptors (Lipinski definition) is 1. The molecule has 0 heterocycles. The molecule has 3 nitrogen and oxygen atoms in total. The van der Waals surface area contributed by atoms with Gasteiger partial charge in [-0.05, 0) is 30.0 Å². The van der Waals surface area contributed by atoms with Gasteiger partial charge in [0.25, 0.3) is 5.91 Å². The van der Waals surface area contributed by atoms with E-state index in [-0.39, 0.29) is 17.8 Å². The van der Waals surface area contributed by atoms with E-state index in [1.54, 1.807) is 12.1 Å². The Morgan fingerprint density at radius 1 is 1.08 bits per heavy atom. The lowest BCUT2D eigenvalue weighted by Gasteiger charge is -2.22. The predicted octanol–water partition coefficient (Wildman–Crippen LogP) is 2.74. The largest absolute Gasteiger partial charge is 0.344 e. The molecule has 0 spiro atoms. The molecule has 2 rings (SSSR count). The summed E-state index contributed by atoms with van der Waals surface area (Å²) >= 11 is 0. The molecule has 0 radical (unpaired) electrons. The van der Waals surface area contributed by atoms with E-state index in [1.807, 2.05) is 25.2 Å². The minimum atomic E-state index is -0.237. The number of carbonyl (C=O) groups excluding carboxylic acids is 1. The fourth-order valence-electron chi connectivity index (χ4n) is 2.97. The maximum Gasteiger partial charge on any atom is 0.275 e. The number of carbonyl (C=O) groups is 1. The van der Waals surface area contributed by atoms with Gasteiger partial charge >= 0.3 is 0 Å². The summed E-state index contributed by atoms with van der Waals surface area (Å²) in [4.78, 5) is 13.5. The van der Waals surface area contributed by atoms with Gasteiger partial charge in [0.05, 0.1) is 13.1 Å². The van der Waals surface area contributed by atoms with E-state index in [2.05, 4.69) is 31.3 Å². The van der Waals surface area contributed by atoms with Crippen molar-refractivity contribution in [1.29, 1.82) is 0 Å². The monoisotopic (exact) mass is 343 g/mol. The van der Waals surface area contributed by atoms with E-state index in [0.717, 1.165) is 22.4 Å². The Morgan fingerprint density at radius 2 is 1.72 bits per heavy atom. The van der Waals surface area contributed by atoms with E-state index >= 15 is 0 Å². The topological polar surface area (TPSA) is 33.5 Å². The molecule has 2 atom stereocenters. The van der Waals surface area contributed by atoms with Crippen LogP contribution in [-0.4, -0.2) is 19.5 Å². The first kappa shape index (κ1) is 19.1. The number of amides is 1. The summed E-state index contributed by atoms with van der Waals surface area (Å²) in [7, 11) is 1.98. The molecule has 0 aromatic heterocycles. The number of hydrogen-bond donors (Lipinski definition) is 2. The molecule has 0 bridgehead atoms. The molecule has 2 N–H and O–H groups in total. The zero-order valence-corrected chi connectivity index (χ0v) is 15.3. The third kappa shape index (κ3) is 6.67. The van der Waals surface area contributed by atoms with Crippen LogP contribution in [0.4, 0.5) is 4.39 Å². The molecule has 25 heavy (non-hydrogen) atoms. The van der Waals surface area contributed by atoms with Gasteiger partial charge in [-0.3, -0.25) is 4.79 Å². The molecular weight excluding hydrogens is 315 g/mol. The summed E-state index contributed by atoms with van der Waals surface area (Å²) in [6, 6.07) is 16.6. The third-order valence-electron chi connectivity index (χ3n) is 4.13. The molecule has 1 unspecified atom stereocenters. The summed E-state index contributed by atoms with van der Waals surface area (Å²) < 4.78 is 13.0. The van der Waals surface area contributed by atoms with Gasteiger partial charge in [-0.2, -0.15) is 0 Å². The van der Waals surface area contributed by atoms with Gasteiger partial charge in [0, 0.05) is 5.56 Å². The molecule has 0 aliphatic rings. The molecule has 2 aromatic carbocycles. The van der Waals surface area contributed by atoms with E-state index < -0.39 is 0 Å². The lowest BCUT2D eigenvalue weighted by Crippen LogP contribution is -3.08. The predicted molar refractivity (Wildman–Crippen MR) is 98.6 cm³/mol. The highest BCUT2D eigenvalue weighted by molar-refractivity contribution is 5.77. The summed E-state index contributed by atoms with van der Waals surface area (Å²) in [5.41, 5.74) is 2.16. The van der Waals surface area contributed by atoms with E-state index in [1.165, 1.54) is 12.1 Å². The number of benzene rings is 2.